The lowest BCUT2D eigenvalue weighted by Gasteiger charge is -2.37. The van der Waals surface area contributed by atoms with Gasteiger partial charge in [-0.15, -0.1) is 0 Å². The molecule has 0 saturated heterocycles. The Morgan fingerprint density at radius 3 is 2.35 bits per heavy atom. The second-order valence-electron chi connectivity index (χ2n) is 11.0. The van der Waals surface area contributed by atoms with E-state index in [2.05, 4.69) is 4.98 Å². The van der Waals surface area contributed by atoms with Crippen molar-refractivity contribution in [2.75, 3.05) is 17.7 Å². The molecule has 1 amide bonds. The van der Waals surface area contributed by atoms with E-state index < -0.39 is 16.7 Å². The van der Waals surface area contributed by atoms with Gasteiger partial charge in [-0.1, -0.05) is 42.5 Å². The highest BCUT2D eigenvalue weighted by Gasteiger charge is 2.62. The number of amides is 1. The summed E-state index contributed by atoms with van der Waals surface area (Å²) >= 11 is 0. The van der Waals surface area contributed by atoms with Crippen molar-refractivity contribution in [1.82, 2.24) is 9.55 Å². The van der Waals surface area contributed by atoms with E-state index in [-0.39, 0.29) is 30.5 Å². The van der Waals surface area contributed by atoms with Gasteiger partial charge < -0.3 is 10.5 Å². The third-order valence-electron chi connectivity index (χ3n) is 8.83. The number of benzene rings is 2. The molecule has 4 atom stereocenters. The number of anilines is 2. The number of methoxy groups -OCH3 is 1. The minimum Gasteiger partial charge on any atom is -0.497 e. The fraction of sp³-hybridized carbons (Fsp3) is 0.414. The van der Waals surface area contributed by atoms with Crippen LogP contribution in [-0.4, -0.2) is 22.6 Å². The lowest BCUT2D eigenvalue weighted by molar-refractivity contribution is -0.130. The van der Waals surface area contributed by atoms with E-state index in [1.165, 1.54) is 11.0 Å². The molecule has 4 saturated carbocycles. The molecular weight excluding hydrogens is 468 g/mol. The van der Waals surface area contributed by atoms with E-state index in [0.717, 1.165) is 36.8 Å². The minimum absolute atomic E-state index is 0.00273. The summed E-state index contributed by atoms with van der Waals surface area (Å²) in [5.41, 5.74) is 6.67. The van der Waals surface area contributed by atoms with Crippen molar-refractivity contribution in [2.45, 2.75) is 45.2 Å². The standard InChI is InChI=1S/C29H32N4O4/c1-37-23-9-7-19(8-10-23)17-33-25(30)24(26(34)31-28(33)36)32(16-18-5-3-2-4-6-18)27(35)29-14-20-11-21(15-29)13-22(29)12-20/h2-10,20-22H,11-17,30H2,1H3,(H,31,34,36)/t20-,21+,22?,29?. The molecule has 2 aromatic carbocycles. The van der Waals surface area contributed by atoms with Crippen molar-refractivity contribution in [3.05, 3.63) is 86.6 Å². The second-order valence-corrected chi connectivity index (χ2v) is 11.0. The summed E-state index contributed by atoms with van der Waals surface area (Å²) in [6.07, 6.45) is 5.14. The monoisotopic (exact) mass is 500 g/mol. The van der Waals surface area contributed by atoms with Gasteiger partial charge >= 0.3 is 5.69 Å². The number of hydrogen-bond acceptors (Lipinski definition) is 5. The van der Waals surface area contributed by atoms with Gasteiger partial charge in [-0.05, 0) is 73.1 Å². The minimum atomic E-state index is -0.633. The van der Waals surface area contributed by atoms with Gasteiger partial charge in [-0.3, -0.25) is 24.0 Å². The molecule has 0 radical (unpaired) electrons. The summed E-state index contributed by atoms with van der Waals surface area (Å²) in [4.78, 5) is 44.6. The molecule has 4 bridgehead atoms. The number of carbonyl (C=O) groups excluding carboxylic acids is 1. The molecule has 1 heterocycles. The van der Waals surface area contributed by atoms with E-state index in [4.69, 9.17) is 10.5 Å². The number of H-pyrrole nitrogens is 1. The smallest absolute Gasteiger partial charge is 0.330 e. The zero-order chi connectivity index (χ0) is 25.7. The lowest BCUT2D eigenvalue weighted by atomic mass is 9.74. The van der Waals surface area contributed by atoms with Crippen molar-refractivity contribution in [2.24, 2.45) is 23.2 Å². The zero-order valence-corrected chi connectivity index (χ0v) is 21.0. The molecule has 4 aliphatic rings. The van der Waals surface area contributed by atoms with Crippen LogP contribution in [0.2, 0.25) is 0 Å². The van der Waals surface area contributed by atoms with Crippen molar-refractivity contribution < 1.29 is 9.53 Å². The number of ether oxygens (including phenoxy) is 1. The van der Waals surface area contributed by atoms with Gasteiger partial charge in [0.15, 0.2) is 5.69 Å². The van der Waals surface area contributed by atoms with Crippen molar-refractivity contribution in [1.29, 1.82) is 0 Å². The van der Waals surface area contributed by atoms with Crippen molar-refractivity contribution >= 4 is 17.4 Å². The maximum Gasteiger partial charge on any atom is 0.330 e. The molecule has 37 heavy (non-hydrogen) atoms. The predicted molar refractivity (Wildman–Crippen MR) is 141 cm³/mol. The molecule has 192 valence electrons. The third kappa shape index (κ3) is 3.95. The van der Waals surface area contributed by atoms with Crippen LogP contribution in [0.15, 0.2) is 64.2 Å². The first kappa shape index (κ1) is 23.6. The Balaban J connectivity index is 1.43. The number of carbonyl (C=O) groups is 1. The molecular formula is C29H32N4O4. The quantitative estimate of drug-likeness (QED) is 0.516. The van der Waals surface area contributed by atoms with Crippen LogP contribution in [0.1, 0.15) is 43.2 Å². The zero-order valence-electron chi connectivity index (χ0n) is 21.0. The van der Waals surface area contributed by atoms with Gasteiger partial charge in [0.25, 0.3) is 5.56 Å². The van der Waals surface area contributed by atoms with Crippen LogP contribution in [0.25, 0.3) is 0 Å². The second kappa shape index (κ2) is 8.94. The van der Waals surface area contributed by atoms with Gasteiger partial charge in [0.05, 0.1) is 25.6 Å². The highest BCUT2D eigenvalue weighted by Crippen LogP contribution is 2.66. The van der Waals surface area contributed by atoms with E-state index in [9.17, 15) is 14.4 Å². The number of aromatic nitrogens is 2. The van der Waals surface area contributed by atoms with Gasteiger partial charge in [-0.25, -0.2) is 4.79 Å². The Kier molecular flexibility index (Phi) is 5.70. The van der Waals surface area contributed by atoms with Crippen LogP contribution in [0.3, 0.4) is 0 Å². The first-order valence-corrected chi connectivity index (χ1v) is 13.0. The molecule has 1 aromatic heterocycles. The van der Waals surface area contributed by atoms with E-state index in [1.54, 1.807) is 24.1 Å². The highest BCUT2D eigenvalue weighted by molar-refractivity contribution is 6.00. The lowest BCUT2D eigenvalue weighted by Crippen LogP contribution is -2.48. The largest absolute Gasteiger partial charge is 0.497 e. The Morgan fingerprint density at radius 2 is 1.70 bits per heavy atom. The molecule has 8 heteroatoms. The average molecular weight is 501 g/mol. The molecule has 7 rings (SSSR count). The van der Waals surface area contributed by atoms with Crippen LogP contribution in [-0.2, 0) is 17.9 Å². The number of aromatic amines is 1. The van der Waals surface area contributed by atoms with E-state index in [1.807, 2.05) is 42.5 Å². The van der Waals surface area contributed by atoms with Gasteiger partial charge in [0, 0.05) is 0 Å². The topological polar surface area (TPSA) is 110 Å². The maximum atomic E-state index is 14.5. The summed E-state index contributed by atoms with van der Waals surface area (Å²) in [5.74, 6) is 2.19. The van der Waals surface area contributed by atoms with Crippen LogP contribution in [0.5, 0.6) is 5.75 Å². The first-order valence-electron chi connectivity index (χ1n) is 13.0. The summed E-state index contributed by atoms with van der Waals surface area (Å²) < 4.78 is 6.56. The van der Waals surface area contributed by atoms with Gasteiger partial charge in [0.2, 0.25) is 5.91 Å². The number of rotatable bonds is 7. The Hall–Kier alpha value is -3.81. The molecule has 0 aliphatic heterocycles. The number of nitrogen functional groups attached to an aromatic ring is 1. The number of nitrogens with one attached hydrogen (secondary N) is 1. The van der Waals surface area contributed by atoms with Gasteiger partial charge in [0.1, 0.15) is 11.6 Å². The molecule has 8 nitrogen and oxygen atoms in total. The highest BCUT2D eigenvalue weighted by atomic mass is 16.5. The average Bonchev–Trinajstić information content (AvgIpc) is 3.30. The van der Waals surface area contributed by atoms with Crippen LogP contribution in [0.4, 0.5) is 11.5 Å². The van der Waals surface area contributed by atoms with Crippen molar-refractivity contribution in [3.63, 3.8) is 0 Å². The third-order valence-corrected chi connectivity index (χ3v) is 8.83. The molecule has 4 fully saturated rings. The van der Waals surface area contributed by atoms with E-state index >= 15 is 0 Å². The normalized spacial score (nSPS) is 25.4. The molecule has 3 N–H and O–H groups in total. The van der Waals surface area contributed by atoms with E-state index in [0.29, 0.717) is 23.5 Å². The van der Waals surface area contributed by atoms with Crippen molar-refractivity contribution in [3.8, 4) is 5.75 Å². The summed E-state index contributed by atoms with van der Waals surface area (Å²) in [5, 5.41) is 0. The predicted octanol–water partition coefficient (Wildman–Crippen LogP) is 3.54. The summed E-state index contributed by atoms with van der Waals surface area (Å²) in [6, 6.07) is 16.9. The first-order chi connectivity index (χ1) is 17.9. The fourth-order valence-electron chi connectivity index (χ4n) is 7.34. The molecule has 2 unspecified atom stereocenters. The SMILES string of the molecule is COc1ccc(Cn2c(N)c(N(Cc3ccccc3)C(=O)C34C[C@@H]5CC3C[C@@H](C5)C4)c(=O)[nH]c2=O)cc1. The fourth-order valence-corrected chi connectivity index (χ4v) is 7.34. The number of nitrogens with two attached hydrogens (primary N) is 1. The van der Waals surface area contributed by atoms with Gasteiger partial charge in [-0.2, -0.15) is 0 Å². The Morgan fingerprint density at radius 1 is 1.03 bits per heavy atom. The molecule has 0 spiro atoms. The summed E-state index contributed by atoms with van der Waals surface area (Å²) in [7, 11) is 1.59. The number of hydrogen-bond donors (Lipinski definition) is 2. The Labute approximate surface area is 215 Å². The Bertz CT molecular complexity index is 1430. The van der Waals surface area contributed by atoms with Crippen LogP contribution >= 0.6 is 0 Å². The molecule has 3 aromatic rings. The van der Waals surface area contributed by atoms with Crippen LogP contribution < -0.4 is 26.6 Å². The molecule has 4 aliphatic carbocycles. The number of nitrogens with zero attached hydrogens (tertiary/aromatic N) is 2. The summed E-state index contributed by atoms with van der Waals surface area (Å²) in [6.45, 7) is 0.376. The maximum absolute atomic E-state index is 14.5. The van der Waals surface area contributed by atoms with Crippen LogP contribution in [0, 0.1) is 23.2 Å².